The smallest absolute Gasteiger partial charge is 0.330 e. The number of hydrogen-bond acceptors (Lipinski definition) is 3. The summed E-state index contributed by atoms with van der Waals surface area (Å²) in [5, 5.41) is 1.95. The van der Waals surface area contributed by atoms with Gasteiger partial charge in [0.05, 0.1) is 22.5 Å². The van der Waals surface area contributed by atoms with Crippen LogP contribution < -0.4 is 11.1 Å². The van der Waals surface area contributed by atoms with Gasteiger partial charge in [0.2, 0.25) is 0 Å². The predicted octanol–water partition coefficient (Wildman–Crippen LogP) is 7.09. The summed E-state index contributed by atoms with van der Waals surface area (Å²) in [4.78, 5) is 14.9. The van der Waals surface area contributed by atoms with E-state index in [0.717, 1.165) is 30.2 Å². The van der Waals surface area contributed by atoms with E-state index in [1.54, 1.807) is 17.9 Å². The van der Waals surface area contributed by atoms with Crippen molar-refractivity contribution < 1.29 is 35.5 Å². The number of aryl methyl sites for hydroxylation is 1. The Morgan fingerprint density at radius 2 is 1.71 bits per heavy atom. The molecule has 0 aliphatic carbocycles. The Morgan fingerprint density at radius 3 is 2.26 bits per heavy atom. The maximum absolute atomic E-state index is 13.6. The fourth-order valence-electron chi connectivity index (χ4n) is 4.44. The standard InChI is InChI=1S/C25H28F7N3OS.ClH/c1-15-10-19(26)5-6-20(15)21-4-2-3-8-35(21)23(36)34-22(37-9-7-33)13-16-11-17(24(27,28)29)14-18(12-16)25(30,31)32;/h5-6,10-12,14,21-22H,2-4,7-9,13,33H2,1H3,(H,34,36);1H. The van der Waals surface area contributed by atoms with E-state index in [4.69, 9.17) is 5.73 Å². The van der Waals surface area contributed by atoms with Gasteiger partial charge in [-0.05, 0) is 73.2 Å². The van der Waals surface area contributed by atoms with Crippen molar-refractivity contribution in [2.45, 2.75) is 56.4 Å². The van der Waals surface area contributed by atoms with E-state index in [2.05, 4.69) is 5.32 Å². The van der Waals surface area contributed by atoms with Gasteiger partial charge < -0.3 is 16.0 Å². The summed E-state index contributed by atoms with van der Waals surface area (Å²) in [5.74, 6) is -0.0677. The molecule has 1 heterocycles. The number of amides is 2. The molecule has 3 rings (SSSR count). The van der Waals surface area contributed by atoms with Gasteiger partial charge in [0, 0.05) is 25.3 Å². The molecule has 0 saturated carbocycles. The van der Waals surface area contributed by atoms with Crippen molar-refractivity contribution in [3.8, 4) is 0 Å². The Labute approximate surface area is 226 Å². The number of thioether (sulfide) groups is 1. The van der Waals surface area contributed by atoms with Crippen molar-refractivity contribution >= 4 is 30.2 Å². The highest BCUT2D eigenvalue weighted by molar-refractivity contribution is 7.99. The Hall–Kier alpha value is -2.18. The fraction of sp³-hybridized carbons (Fsp3) is 0.480. The summed E-state index contributed by atoms with van der Waals surface area (Å²) in [7, 11) is 0. The number of nitrogens with two attached hydrogens (primary N) is 1. The highest BCUT2D eigenvalue weighted by Crippen LogP contribution is 2.37. The number of carbonyl (C=O) groups excluding carboxylic acids is 1. The number of halogens is 8. The van der Waals surface area contributed by atoms with Crippen molar-refractivity contribution in [1.82, 2.24) is 10.2 Å². The lowest BCUT2D eigenvalue weighted by Crippen LogP contribution is -2.48. The fourth-order valence-corrected chi connectivity index (χ4v) is 5.36. The van der Waals surface area contributed by atoms with Gasteiger partial charge in [-0.1, -0.05) is 6.07 Å². The highest BCUT2D eigenvalue weighted by atomic mass is 35.5. The maximum Gasteiger partial charge on any atom is 0.416 e. The number of hydrogen-bond donors (Lipinski definition) is 2. The zero-order valence-corrected chi connectivity index (χ0v) is 22.1. The molecular formula is C25H29ClF7N3OS. The third-order valence-corrected chi connectivity index (χ3v) is 7.30. The quantitative estimate of drug-likeness (QED) is 0.269. The van der Waals surface area contributed by atoms with Crippen molar-refractivity contribution in [3.05, 3.63) is 70.0 Å². The number of carbonyl (C=O) groups is 1. The third kappa shape index (κ3) is 8.41. The molecule has 0 aromatic heterocycles. The van der Waals surface area contributed by atoms with Crippen LogP contribution >= 0.6 is 24.2 Å². The monoisotopic (exact) mass is 587 g/mol. The molecule has 2 aromatic carbocycles. The van der Waals surface area contributed by atoms with E-state index < -0.39 is 40.7 Å². The van der Waals surface area contributed by atoms with Crippen LogP contribution in [0, 0.1) is 12.7 Å². The van der Waals surface area contributed by atoms with Crippen molar-refractivity contribution in [1.29, 1.82) is 0 Å². The minimum atomic E-state index is -4.97. The molecule has 0 spiro atoms. The second kappa shape index (κ2) is 13.3. The molecule has 2 aromatic rings. The van der Waals surface area contributed by atoms with Crippen molar-refractivity contribution in [2.75, 3.05) is 18.8 Å². The molecule has 2 unspecified atom stereocenters. The van der Waals surface area contributed by atoms with Crippen LogP contribution in [-0.2, 0) is 18.8 Å². The topological polar surface area (TPSA) is 58.4 Å². The van der Waals surface area contributed by atoms with Crippen LogP contribution in [0.4, 0.5) is 35.5 Å². The number of rotatable bonds is 7. The van der Waals surface area contributed by atoms with Crippen molar-refractivity contribution in [2.24, 2.45) is 5.73 Å². The molecule has 0 bridgehead atoms. The molecule has 0 radical (unpaired) electrons. The molecule has 4 nitrogen and oxygen atoms in total. The summed E-state index contributed by atoms with van der Waals surface area (Å²) in [6, 6.07) is 4.92. The van der Waals surface area contributed by atoms with Gasteiger partial charge in [0.15, 0.2) is 0 Å². The van der Waals surface area contributed by atoms with E-state index in [9.17, 15) is 35.5 Å². The number of alkyl halides is 6. The second-order valence-corrected chi connectivity index (χ2v) is 10.2. The van der Waals surface area contributed by atoms with Gasteiger partial charge >= 0.3 is 18.4 Å². The first kappa shape index (κ1) is 32.0. The minimum Gasteiger partial charge on any atom is -0.330 e. The molecule has 2 atom stereocenters. The predicted molar refractivity (Wildman–Crippen MR) is 136 cm³/mol. The van der Waals surface area contributed by atoms with Gasteiger partial charge in [0.1, 0.15) is 5.82 Å². The zero-order valence-electron chi connectivity index (χ0n) is 20.5. The maximum atomic E-state index is 13.6. The molecule has 1 aliphatic rings. The summed E-state index contributed by atoms with van der Waals surface area (Å²) in [6.45, 7) is 2.35. The number of urea groups is 1. The van der Waals surface area contributed by atoms with Gasteiger partial charge in [0.25, 0.3) is 0 Å². The number of benzene rings is 2. The van der Waals surface area contributed by atoms with E-state index >= 15 is 0 Å². The number of nitrogens with zero attached hydrogens (tertiary/aromatic N) is 1. The van der Waals surface area contributed by atoms with Crippen molar-refractivity contribution in [3.63, 3.8) is 0 Å². The molecule has 212 valence electrons. The summed E-state index contributed by atoms with van der Waals surface area (Å²) in [5.41, 5.74) is 4.01. The first-order valence-electron chi connectivity index (χ1n) is 11.7. The molecule has 2 amide bonds. The average Bonchev–Trinajstić information content (AvgIpc) is 2.81. The molecule has 1 fully saturated rings. The van der Waals surface area contributed by atoms with Crippen LogP contribution in [-0.4, -0.2) is 35.1 Å². The van der Waals surface area contributed by atoms with Gasteiger partial charge in [-0.25, -0.2) is 9.18 Å². The van der Waals surface area contributed by atoms with E-state index in [0.29, 0.717) is 36.4 Å². The summed E-state index contributed by atoms with van der Waals surface area (Å²) < 4.78 is 93.4. The molecule has 38 heavy (non-hydrogen) atoms. The third-order valence-electron chi connectivity index (χ3n) is 6.14. The Balaban J connectivity index is 0.00000507. The Bertz CT molecular complexity index is 1070. The lowest BCUT2D eigenvalue weighted by molar-refractivity contribution is -0.143. The summed E-state index contributed by atoms with van der Waals surface area (Å²) >= 11 is 1.14. The lowest BCUT2D eigenvalue weighted by atomic mass is 9.92. The van der Waals surface area contributed by atoms with Crippen LogP contribution in [0.1, 0.15) is 53.1 Å². The molecule has 3 N–H and O–H groups in total. The average molecular weight is 588 g/mol. The van der Waals surface area contributed by atoms with E-state index in [1.807, 2.05) is 0 Å². The number of likely N-dealkylation sites (tertiary alicyclic amines) is 1. The molecular weight excluding hydrogens is 559 g/mol. The van der Waals surface area contributed by atoms with Crippen LogP contribution in [0.3, 0.4) is 0 Å². The van der Waals surface area contributed by atoms with Gasteiger partial charge in [-0.2, -0.15) is 26.3 Å². The largest absolute Gasteiger partial charge is 0.416 e. The van der Waals surface area contributed by atoms with Gasteiger partial charge in [-0.3, -0.25) is 0 Å². The Morgan fingerprint density at radius 1 is 1.08 bits per heavy atom. The van der Waals surface area contributed by atoms with Crippen LogP contribution in [0.2, 0.25) is 0 Å². The van der Waals surface area contributed by atoms with Gasteiger partial charge in [-0.15, -0.1) is 24.2 Å². The number of nitrogens with one attached hydrogen (secondary N) is 1. The zero-order chi connectivity index (χ0) is 27.4. The highest BCUT2D eigenvalue weighted by Gasteiger charge is 2.37. The van der Waals surface area contributed by atoms with Crippen LogP contribution in [0.15, 0.2) is 36.4 Å². The first-order chi connectivity index (χ1) is 17.3. The van der Waals surface area contributed by atoms with Crippen LogP contribution in [0.25, 0.3) is 0 Å². The Kier molecular flexibility index (Phi) is 11.2. The SMILES string of the molecule is Cc1cc(F)ccc1C1CCCCN1C(=O)NC(Cc1cc(C(F)(F)F)cc(C(F)(F)F)c1)SCCN.Cl. The molecule has 13 heteroatoms. The number of piperidine rings is 1. The second-order valence-electron chi connectivity index (χ2n) is 8.92. The lowest BCUT2D eigenvalue weighted by Gasteiger charge is -2.37. The minimum absolute atomic E-state index is 0. The normalized spacial score (nSPS) is 17.1. The van der Waals surface area contributed by atoms with E-state index in [1.165, 1.54) is 12.1 Å². The van der Waals surface area contributed by atoms with E-state index in [-0.39, 0.29) is 43.0 Å². The molecule has 1 saturated heterocycles. The first-order valence-corrected chi connectivity index (χ1v) is 12.8. The molecule has 1 aliphatic heterocycles. The van der Waals surface area contributed by atoms with Crippen LogP contribution in [0.5, 0.6) is 0 Å². The summed E-state index contributed by atoms with van der Waals surface area (Å²) in [6.07, 6.45) is -7.98.